The number of benzene rings is 2. The van der Waals surface area contributed by atoms with E-state index in [0.29, 0.717) is 43.4 Å². The Morgan fingerprint density at radius 2 is 1.76 bits per heavy atom. The predicted octanol–water partition coefficient (Wildman–Crippen LogP) is 2.46. The second-order valence-electron chi connectivity index (χ2n) is 7.92. The number of ether oxygens (including phenoxy) is 3. The zero-order chi connectivity index (χ0) is 23.4. The molecular weight excluding hydrogens is 424 g/mol. The average Bonchev–Trinajstić information content (AvgIpc) is 3.12. The molecule has 0 bridgehead atoms. The van der Waals surface area contributed by atoms with Crippen molar-refractivity contribution in [3.05, 3.63) is 65.2 Å². The van der Waals surface area contributed by atoms with Crippen LogP contribution < -0.4 is 9.47 Å². The first-order chi connectivity index (χ1) is 16.0. The highest BCUT2D eigenvalue weighted by atomic mass is 16.5. The number of hydrogen-bond donors (Lipinski definition) is 1. The third kappa shape index (κ3) is 4.58. The molecule has 1 atom stereocenters. The number of Topliss-reactive ketones (excluding diaryl/α,β-unsaturated/α-hetero) is 1. The van der Waals surface area contributed by atoms with Crippen molar-refractivity contribution in [2.75, 3.05) is 53.6 Å². The normalized spacial score (nSPS) is 20.8. The highest BCUT2D eigenvalue weighted by Gasteiger charge is 2.46. The van der Waals surface area contributed by atoms with Crippen molar-refractivity contribution in [2.24, 2.45) is 0 Å². The number of nitrogens with zero attached hydrogens (tertiary/aromatic N) is 2. The van der Waals surface area contributed by atoms with Gasteiger partial charge in [0.2, 0.25) is 0 Å². The number of rotatable bonds is 7. The lowest BCUT2D eigenvalue weighted by Crippen LogP contribution is -2.42. The summed E-state index contributed by atoms with van der Waals surface area (Å²) in [6, 6.07) is 13.5. The van der Waals surface area contributed by atoms with E-state index in [-0.39, 0.29) is 11.3 Å². The van der Waals surface area contributed by atoms with Crippen molar-refractivity contribution in [3.8, 4) is 11.5 Å². The molecule has 174 valence electrons. The fourth-order valence-electron chi connectivity index (χ4n) is 4.31. The third-order valence-electron chi connectivity index (χ3n) is 6.08. The van der Waals surface area contributed by atoms with Crippen LogP contribution in [-0.4, -0.2) is 80.2 Å². The topological polar surface area (TPSA) is 88.5 Å². The fourth-order valence-corrected chi connectivity index (χ4v) is 4.31. The van der Waals surface area contributed by atoms with Crippen LogP contribution in [0.3, 0.4) is 0 Å². The molecule has 33 heavy (non-hydrogen) atoms. The van der Waals surface area contributed by atoms with Crippen molar-refractivity contribution in [2.45, 2.75) is 6.04 Å². The fraction of sp³-hybridized carbons (Fsp3) is 0.360. The van der Waals surface area contributed by atoms with Crippen molar-refractivity contribution >= 4 is 17.4 Å². The second-order valence-corrected chi connectivity index (χ2v) is 7.92. The van der Waals surface area contributed by atoms with Gasteiger partial charge < -0.3 is 24.2 Å². The minimum Gasteiger partial charge on any atom is -0.507 e. The summed E-state index contributed by atoms with van der Waals surface area (Å²) >= 11 is 0. The van der Waals surface area contributed by atoms with Gasteiger partial charge in [-0.1, -0.05) is 30.3 Å². The maximum absolute atomic E-state index is 13.2. The Morgan fingerprint density at radius 1 is 1.03 bits per heavy atom. The molecule has 0 aliphatic carbocycles. The van der Waals surface area contributed by atoms with Gasteiger partial charge >= 0.3 is 0 Å². The molecular formula is C25H28N2O6. The maximum atomic E-state index is 13.2. The van der Waals surface area contributed by atoms with E-state index in [1.807, 2.05) is 30.3 Å². The first-order valence-electron chi connectivity index (χ1n) is 10.9. The smallest absolute Gasteiger partial charge is 0.295 e. The lowest BCUT2D eigenvalue weighted by atomic mass is 9.95. The van der Waals surface area contributed by atoms with Gasteiger partial charge in [0.05, 0.1) is 44.6 Å². The van der Waals surface area contributed by atoms with E-state index in [9.17, 15) is 14.7 Å². The Kier molecular flexibility index (Phi) is 6.96. The second kappa shape index (κ2) is 10.1. The highest BCUT2D eigenvalue weighted by Crippen LogP contribution is 2.41. The van der Waals surface area contributed by atoms with Gasteiger partial charge in [-0.05, 0) is 17.7 Å². The summed E-state index contributed by atoms with van der Waals surface area (Å²) in [5.74, 6) is -0.699. The molecule has 2 aromatic carbocycles. The Labute approximate surface area is 193 Å². The molecule has 2 aliphatic heterocycles. The highest BCUT2D eigenvalue weighted by molar-refractivity contribution is 6.46. The molecule has 2 aliphatic rings. The number of carbonyl (C=O) groups excluding carboxylic acids is 2. The summed E-state index contributed by atoms with van der Waals surface area (Å²) in [5, 5.41) is 11.3. The average molecular weight is 453 g/mol. The van der Waals surface area contributed by atoms with E-state index < -0.39 is 17.7 Å². The van der Waals surface area contributed by atoms with Gasteiger partial charge in [-0.25, -0.2) is 0 Å². The molecule has 2 saturated heterocycles. The number of amides is 1. The number of morpholine rings is 1. The van der Waals surface area contributed by atoms with Crippen molar-refractivity contribution < 1.29 is 28.9 Å². The maximum Gasteiger partial charge on any atom is 0.295 e. The molecule has 0 unspecified atom stereocenters. The zero-order valence-corrected chi connectivity index (χ0v) is 18.8. The van der Waals surface area contributed by atoms with E-state index in [1.54, 1.807) is 23.1 Å². The van der Waals surface area contributed by atoms with Crippen LogP contribution in [0.4, 0.5) is 0 Å². The summed E-state index contributed by atoms with van der Waals surface area (Å²) in [6.07, 6.45) is 0. The van der Waals surface area contributed by atoms with Crippen LogP contribution in [0.1, 0.15) is 17.2 Å². The van der Waals surface area contributed by atoms with Crippen LogP contribution in [0, 0.1) is 0 Å². The summed E-state index contributed by atoms with van der Waals surface area (Å²) in [7, 11) is 3.00. The standard InChI is InChI=1S/C25H28N2O6/c1-31-18-8-9-19(20(16-18)32-2)23(28)21-22(17-6-4-3-5-7-17)27(25(30)24(21)29)11-10-26-12-14-33-15-13-26/h3-9,16,22,28H,10-15H2,1-2H3/t22-/m1/s1. The molecule has 1 N–H and O–H groups in total. The molecule has 0 radical (unpaired) electrons. The number of methoxy groups -OCH3 is 2. The van der Waals surface area contributed by atoms with Crippen LogP contribution in [0.5, 0.6) is 11.5 Å². The molecule has 2 aromatic rings. The number of carbonyl (C=O) groups is 2. The molecule has 0 saturated carbocycles. The molecule has 0 aromatic heterocycles. The van der Waals surface area contributed by atoms with Gasteiger partial charge in [-0.2, -0.15) is 0 Å². The molecule has 0 spiro atoms. The number of aliphatic hydroxyl groups excluding tert-OH is 1. The van der Waals surface area contributed by atoms with Crippen LogP contribution in [0.2, 0.25) is 0 Å². The summed E-state index contributed by atoms with van der Waals surface area (Å²) in [6.45, 7) is 3.84. The zero-order valence-electron chi connectivity index (χ0n) is 18.8. The molecule has 2 heterocycles. The monoisotopic (exact) mass is 452 g/mol. The summed E-state index contributed by atoms with van der Waals surface area (Å²) in [5.41, 5.74) is 1.13. The Hall–Kier alpha value is -3.36. The van der Waals surface area contributed by atoms with Crippen molar-refractivity contribution in [1.29, 1.82) is 0 Å². The van der Waals surface area contributed by atoms with E-state index in [4.69, 9.17) is 14.2 Å². The largest absolute Gasteiger partial charge is 0.507 e. The van der Waals surface area contributed by atoms with E-state index in [1.165, 1.54) is 14.2 Å². The predicted molar refractivity (Wildman–Crippen MR) is 122 cm³/mol. The number of ketones is 1. The number of aliphatic hydroxyl groups is 1. The van der Waals surface area contributed by atoms with E-state index in [2.05, 4.69) is 4.90 Å². The Morgan fingerprint density at radius 3 is 2.42 bits per heavy atom. The lowest BCUT2D eigenvalue weighted by Gasteiger charge is -2.31. The van der Waals surface area contributed by atoms with Gasteiger partial charge in [-0.15, -0.1) is 0 Å². The number of likely N-dealkylation sites (tertiary alicyclic amines) is 1. The van der Waals surface area contributed by atoms with Crippen LogP contribution >= 0.6 is 0 Å². The third-order valence-corrected chi connectivity index (χ3v) is 6.08. The SMILES string of the molecule is COc1ccc(C(O)=C2C(=O)C(=O)N(CCN3CCOCC3)[C@@H]2c2ccccc2)c(OC)c1. The van der Waals surface area contributed by atoms with Crippen LogP contribution in [-0.2, 0) is 14.3 Å². The van der Waals surface area contributed by atoms with E-state index in [0.717, 1.165) is 18.7 Å². The summed E-state index contributed by atoms with van der Waals surface area (Å²) < 4.78 is 16.1. The Bertz CT molecular complexity index is 1050. The van der Waals surface area contributed by atoms with Crippen LogP contribution in [0.15, 0.2) is 54.1 Å². The molecule has 4 rings (SSSR count). The first-order valence-corrected chi connectivity index (χ1v) is 10.9. The van der Waals surface area contributed by atoms with Crippen molar-refractivity contribution in [1.82, 2.24) is 9.80 Å². The van der Waals surface area contributed by atoms with Gasteiger partial charge in [-0.3, -0.25) is 14.5 Å². The first kappa shape index (κ1) is 22.8. The van der Waals surface area contributed by atoms with Gasteiger partial charge in [0.25, 0.3) is 11.7 Å². The minimum absolute atomic E-state index is 0.0524. The minimum atomic E-state index is -0.707. The summed E-state index contributed by atoms with van der Waals surface area (Å²) in [4.78, 5) is 30.0. The Balaban J connectivity index is 1.75. The van der Waals surface area contributed by atoms with Gasteiger partial charge in [0.1, 0.15) is 17.3 Å². The van der Waals surface area contributed by atoms with E-state index >= 15 is 0 Å². The van der Waals surface area contributed by atoms with Crippen molar-refractivity contribution in [3.63, 3.8) is 0 Å². The molecule has 8 heteroatoms. The van der Waals surface area contributed by atoms with Crippen LogP contribution in [0.25, 0.3) is 5.76 Å². The van der Waals surface area contributed by atoms with Gasteiger partial charge in [0, 0.05) is 32.2 Å². The van der Waals surface area contributed by atoms with Gasteiger partial charge in [0.15, 0.2) is 0 Å². The lowest BCUT2D eigenvalue weighted by molar-refractivity contribution is -0.140. The molecule has 1 amide bonds. The quantitative estimate of drug-likeness (QED) is 0.392. The molecule has 8 nitrogen and oxygen atoms in total. The number of hydrogen-bond acceptors (Lipinski definition) is 7. The molecule has 2 fully saturated rings.